The molecule has 116 valence electrons. The largest absolute Gasteiger partial charge is 0.361 e. The number of thioether (sulfide) groups is 1. The average Bonchev–Trinajstić information content (AvgIpc) is 2.44. The standard InChI is InChI=1S/C14H20FN3OS2/c1-10(2)7-8-16-14(20)18-17-13(19)9-21-12-5-3-11(15)4-6-12/h3-6,10H,7-9H2,1-2H3,(H,17,19)(H2,16,18,20). The molecule has 1 rings (SSSR count). The summed E-state index contributed by atoms with van der Waals surface area (Å²) in [5.74, 6) is 0.343. The number of thiocarbonyl (C=S) groups is 1. The monoisotopic (exact) mass is 329 g/mol. The van der Waals surface area contributed by atoms with Crippen molar-refractivity contribution in [2.75, 3.05) is 12.3 Å². The van der Waals surface area contributed by atoms with Crippen molar-refractivity contribution in [1.82, 2.24) is 16.2 Å². The highest BCUT2D eigenvalue weighted by Crippen LogP contribution is 2.17. The molecule has 0 saturated heterocycles. The van der Waals surface area contributed by atoms with Gasteiger partial charge < -0.3 is 5.32 Å². The molecule has 0 aliphatic rings. The zero-order valence-corrected chi connectivity index (χ0v) is 13.7. The van der Waals surface area contributed by atoms with Crippen molar-refractivity contribution in [1.29, 1.82) is 0 Å². The summed E-state index contributed by atoms with van der Waals surface area (Å²) in [6.07, 6.45) is 1.01. The summed E-state index contributed by atoms with van der Waals surface area (Å²) in [6, 6.07) is 6.01. The third-order valence-electron chi connectivity index (χ3n) is 2.51. The lowest BCUT2D eigenvalue weighted by Crippen LogP contribution is -2.47. The van der Waals surface area contributed by atoms with E-state index in [2.05, 4.69) is 30.0 Å². The van der Waals surface area contributed by atoms with E-state index >= 15 is 0 Å². The number of rotatable bonds is 6. The first-order valence-electron chi connectivity index (χ1n) is 6.68. The van der Waals surface area contributed by atoms with Gasteiger partial charge in [0.2, 0.25) is 5.91 Å². The Morgan fingerprint density at radius 3 is 2.57 bits per heavy atom. The molecular formula is C14H20FN3OS2. The van der Waals surface area contributed by atoms with Crippen LogP contribution < -0.4 is 16.2 Å². The lowest BCUT2D eigenvalue weighted by molar-refractivity contribution is -0.119. The zero-order chi connectivity index (χ0) is 15.7. The van der Waals surface area contributed by atoms with Gasteiger partial charge >= 0.3 is 0 Å². The molecule has 0 radical (unpaired) electrons. The number of carbonyl (C=O) groups is 1. The highest BCUT2D eigenvalue weighted by atomic mass is 32.2. The number of nitrogens with one attached hydrogen (secondary N) is 3. The third-order valence-corrected chi connectivity index (χ3v) is 3.76. The molecule has 1 aromatic rings. The smallest absolute Gasteiger partial charge is 0.248 e. The first kappa shape index (κ1) is 17.7. The minimum Gasteiger partial charge on any atom is -0.361 e. The van der Waals surface area contributed by atoms with Gasteiger partial charge in [-0.2, -0.15) is 0 Å². The van der Waals surface area contributed by atoms with Crippen molar-refractivity contribution in [3.63, 3.8) is 0 Å². The van der Waals surface area contributed by atoms with E-state index < -0.39 is 0 Å². The van der Waals surface area contributed by atoms with Crippen LogP contribution in [0.3, 0.4) is 0 Å². The Balaban J connectivity index is 2.16. The van der Waals surface area contributed by atoms with Gasteiger partial charge in [-0.15, -0.1) is 11.8 Å². The van der Waals surface area contributed by atoms with Crippen molar-refractivity contribution in [3.05, 3.63) is 30.1 Å². The summed E-state index contributed by atoms with van der Waals surface area (Å²) in [6.45, 7) is 5.03. The Bertz CT molecular complexity index is 466. The van der Waals surface area contributed by atoms with Crippen LogP contribution in [-0.2, 0) is 4.79 Å². The molecule has 0 heterocycles. The molecule has 0 spiro atoms. The molecule has 0 fully saturated rings. The Morgan fingerprint density at radius 2 is 1.95 bits per heavy atom. The number of hydrogen-bond donors (Lipinski definition) is 3. The molecule has 0 atom stereocenters. The van der Waals surface area contributed by atoms with Crippen LogP contribution in [0.4, 0.5) is 4.39 Å². The number of halogens is 1. The minimum atomic E-state index is -0.289. The van der Waals surface area contributed by atoms with E-state index in [0.717, 1.165) is 17.9 Å². The van der Waals surface area contributed by atoms with Crippen molar-refractivity contribution < 1.29 is 9.18 Å². The molecule has 0 aromatic heterocycles. The van der Waals surface area contributed by atoms with Crippen LogP contribution in [0.15, 0.2) is 29.2 Å². The second kappa shape index (κ2) is 9.57. The van der Waals surface area contributed by atoms with Crippen molar-refractivity contribution in [2.45, 2.75) is 25.2 Å². The summed E-state index contributed by atoms with van der Waals surface area (Å²) in [7, 11) is 0. The van der Waals surface area contributed by atoms with Crippen LogP contribution in [0.5, 0.6) is 0 Å². The molecule has 0 aliphatic heterocycles. The maximum absolute atomic E-state index is 12.7. The number of carbonyl (C=O) groups excluding carboxylic acids is 1. The number of amides is 1. The van der Waals surface area contributed by atoms with E-state index in [1.54, 1.807) is 12.1 Å². The topological polar surface area (TPSA) is 53.2 Å². The van der Waals surface area contributed by atoms with Crippen molar-refractivity contribution in [3.8, 4) is 0 Å². The van der Waals surface area contributed by atoms with Gasteiger partial charge in [0.15, 0.2) is 5.11 Å². The van der Waals surface area contributed by atoms with Gasteiger partial charge in [0.05, 0.1) is 5.75 Å². The van der Waals surface area contributed by atoms with Crippen LogP contribution in [0.1, 0.15) is 20.3 Å². The second-order valence-corrected chi connectivity index (χ2v) is 6.31. The fraction of sp³-hybridized carbons (Fsp3) is 0.429. The van der Waals surface area contributed by atoms with E-state index in [9.17, 15) is 9.18 Å². The molecule has 0 bridgehead atoms. The summed E-state index contributed by atoms with van der Waals surface area (Å²) < 4.78 is 12.7. The van der Waals surface area contributed by atoms with Gasteiger partial charge in [-0.25, -0.2) is 4.39 Å². The molecule has 0 aliphatic carbocycles. The van der Waals surface area contributed by atoms with Crippen molar-refractivity contribution >= 4 is 35.0 Å². The number of hydrazine groups is 1. The summed E-state index contributed by atoms with van der Waals surface area (Å²) in [5.41, 5.74) is 5.16. The molecule has 0 saturated carbocycles. The Kier molecular flexibility index (Phi) is 8.07. The van der Waals surface area contributed by atoms with Gasteiger partial charge in [0.25, 0.3) is 0 Å². The van der Waals surface area contributed by atoms with Gasteiger partial charge in [-0.05, 0) is 48.8 Å². The predicted octanol–water partition coefficient (Wildman–Crippen LogP) is 2.46. The first-order valence-corrected chi connectivity index (χ1v) is 8.08. The van der Waals surface area contributed by atoms with Gasteiger partial charge in [0, 0.05) is 11.4 Å². The quantitative estimate of drug-likeness (QED) is 0.425. The fourth-order valence-corrected chi connectivity index (χ4v) is 2.21. The predicted molar refractivity (Wildman–Crippen MR) is 88.5 cm³/mol. The third kappa shape index (κ3) is 8.52. The Morgan fingerprint density at radius 1 is 1.29 bits per heavy atom. The van der Waals surface area contributed by atoms with Crippen LogP contribution in [-0.4, -0.2) is 23.3 Å². The molecule has 1 aromatic carbocycles. The van der Waals surface area contributed by atoms with E-state index in [1.165, 1.54) is 23.9 Å². The summed E-state index contributed by atoms with van der Waals surface area (Å²) in [5, 5.41) is 3.41. The fourth-order valence-electron chi connectivity index (χ4n) is 1.36. The normalized spacial score (nSPS) is 10.3. The van der Waals surface area contributed by atoms with Gasteiger partial charge in [-0.3, -0.25) is 15.6 Å². The molecule has 1 amide bonds. The lowest BCUT2D eigenvalue weighted by Gasteiger charge is -2.12. The Hall–Kier alpha value is -1.34. The number of benzene rings is 1. The van der Waals surface area contributed by atoms with Crippen LogP contribution >= 0.6 is 24.0 Å². The van der Waals surface area contributed by atoms with Crippen LogP contribution in [0.2, 0.25) is 0 Å². The molecular weight excluding hydrogens is 309 g/mol. The first-order chi connectivity index (χ1) is 9.97. The highest BCUT2D eigenvalue weighted by Gasteiger charge is 2.04. The van der Waals surface area contributed by atoms with Crippen LogP contribution in [0, 0.1) is 11.7 Å². The van der Waals surface area contributed by atoms with Gasteiger partial charge in [0.1, 0.15) is 5.82 Å². The zero-order valence-electron chi connectivity index (χ0n) is 12.1. The minimum absolute atomic E-state index is 0.197. The average molecular weight is 329 g/mol. The molecule has 3 N–H and O–H groups in total. The number of hydrogen-bond acceptors (Lipinski definition) is 3. The maximum atomic E-state index is 12.7. The molecule has 4 nitrogen and oxygen atoms in total. The molecule has 0 unspecified atom stereocenters. The van der Waals surface area contributed by atoms with Crippen LogP contribution in [0.25, 0.3) is 0 Å². The summed E-state index contributed by atoms with van der Waals surface area (Å²) >= 11 is 6.36. The van der Waals surface area contributed by atoms with Gasteiger partial charge in [-0.1, -0.05) is 13.8 Å². The lowest BCUT2D eigenvalue weighted by atomic mass is 10.1. The SMILES string of the molecule is CC(C)CCNC(=S)NNC(=O)CSc1ccc(F)cc1. The maximum Gasteiger partial charge on any atom is 0.248 e. The Labute approximate surface area is 134 Å². The van der Waals surface area contributed by atoms with E-state index in [1.807, 2.05) is 0 Å². The summed E-state index contributed by atoms with van der Waals surface area (Å²) in [4.78, 5) is 12.5. The highest BCUT2D eigenvalue weighted by molar-refractivity contribution is 8.00. The molecule has 21 heavy (non-hydrogen) atoms. The van der Waals surface area contributed by atoms with E-state index in [4.69, 9.17) is 12.2 Å². The second-order valence-electron chi connectivity index (χ2n) is 4.85. The van der Waals surface area contributed by atoms with Crippen molar-refractivity contribution in [2.24, 2.45) is 5.92 Å². The van der Waals surface area contributed by atoms with E-state index in [0.29, 0.717) is 11.0 Å². The molecule has 7 heteroatoms. The van der Waals surface area contributed by atoms with E-state index in [-0.39, 0.29) is 17.5 Å².